The van der Waals surface area contributed by atoms with Crippen molar-refractivity contribution in [2.45, 2.75) is 136 Å². The Morgan fingerprint density at radius 3 is 1.38 bits per heavy atom. The molecular formula is C101H106N12O18S3. The number of carbonyl (C=O) groups is 5. The van der Waals surface area contributed by atoms with Crippen LogP contribution in [0.15, 0.2) is 247 Å². The summed E-state index contributed by atoms with van der Waals surface area (Å²) < 4.78 is 113. The summed E-state index contributed by atoms with van der Waals surface area (Å²) in [4.78, 5) is 83.1. The van der Waals surface area contributed by atoms with Gasteiger partial charge in [0.05, 0.1) is 62.7 Å². The molecule has 20 rings (SSSR count). The van der Waals surface area contributed by atoms with E-state index in [-0.39, 0.29) is 90.2 Å². The molecule has 8 aromatic carbocycles. The van der Waals surface area contributed by atoms with Crippen LogP contribution >= 0.6 is 0 Å². The number of anilines is 4. The second-order valence-corrected chi connectivity index (χ2v) is 40.0. The summed E-state index contributed by atoms with van der Waals surface area (Å²) in [5, 5.41) is 19.8. The Bertz CT molecular complexity index is 6910. The molecule has 30 nitrogen and oxygen atoms in total. The van der Waals surface area contributed by atoms with Gasteiger partial charge in [-0.1, -0.05) is 142 Å². The highest BCUT2D eigenvalue weighted by Gasteiger charge is 2.54. The van der Waals surface area contributed by atoms with E-state index < -0.39 is 51.7 Å². The molecule has 33 heteroatoms. The number of pyridine rings is 4. The first kappa shape index (κ1) is 91.9. The number of methoxy groups -OCH3 is 1. The van der Waals surface area contributed by atoms with Gasteiger partial charge >= 0.3 is 0 Å². The summed E-state index contributed by atoms with van der Waals surface area (Å²) in [6.07, 6.45) is 11.2. The van der Waals surface area contributed by atoms with Crippen molar-refractivity contribution in [1.82, 2.24) is 34.3 Å². The summed E-state index contributed by atoms with van der Waals surface area (Å²) in [5.74, 6) is 6.68. The molecule has 0 spiro atoms. The maximum absolute atomic E-state index is 13.5. The number of benzene rings is 8. The lowest BCUT2D eigenvalue weighted by Crippen LogP contribution is -2.49. The number of fused-ring (bicyclic) bond motifs is 3. The zero-order valence-corrected chi connectivity index (χ0v) is 77.0. The molecule has 4 aliphatic carbocycles. The molecule has 8 heterocycles. The predicted molar refractivity (Wildman–Crippen MR) is 512 cm³/mol. The second kappa shape index (κ2) is 38.0. The highest BCUT2D eigenvalue weighted by molar-refractivity contribution is 7.89. The fourth-order valence-corrected chi connectivity index (χ4v) is 19.6. The Balaban J connectivity index is 0.000000145. The summed E-state index contributed by atoms with van der Waals surface area (Å²) in [6, 6.07) is 69.8. The van der Waals surface area contributed by atoms with Crippen LogP contribution < -0.4 is 69.6 Å². The van der Waals surface area contributed by atoms with Crippen LogP contribution in [0.3, 0.4) is 0 Å². The molecule has 696 valence electrons. The van der Waals surface area contributed by atoms with Gasteiger partial charge in [-0.15, -0.1) is 0 Å². The predicted octanol–water partition coefficient (Wildman–Crippen LogP) is 15.9. The molecule has 4 aliphatic heterocycles. The molecule has 1 saturated heterocycles. The molecule has 0 atom stereocenters. The van der Waals surface area contributed by atoms with Crippen molar-refractivity contribution in [2.75, 3.05) is 74.6 Å². The van der Waals surface area contributed by atoms with Crippen molar-refractivity contribution < 1.29 is 86.7 Å². The number of aryl methyl sites for hydroxylation is 2. The van der Waals surface area contributed by atoms with Gasteiger partial charge in [0.1, 0.15) is 29.0 Å². The largest absolute Gasteiger partial charge is 0.497 e. The lowest BCUT2D eigenvalue weighted by atomic mass is 9.78. The molecule has 0 unspecified atom stereocenters. The summed E-state index contributed by atoms with van der Waals surface area (Å²) in [5.41, 5.74) is 12.2. The summed E-state index contributed by atoms with van der Waals surface area (Å²) in [7, 11) is -9.14. The van der Waals surface area contributed by atoms with E-state index in [1.165, 1.54) is 34.1 Å². The second-order valence-electron chi connectivity index (χ2n) is 34.7. The Morgan fingerprint density at radius 2 is 0.925 bits per heavy atom. The van der Waals surface area contributed by atoms with Gasteiger partial charge < -0.3 is 59.7 Å². The number of ether oxygens (including phenoxy) is 7. The summed E-state index contributed by atoms with van der Waals surface area (Å²) >= 11 is 0. The topological polar surface area (TPSA) is 405 Å². The number of hydrogen-bond donors (Lipinski definition) is 7. The van der Waals surface area contributed by atoms with Crippen molar-refractivity contribution in [2.24, 2.45) is 5.14 Å². The number of primary sulfonamides is 1. The minimum absolute atomic E-state index is 0. The van der Waals surface area contributed by atoms with E-state index in [4.69, 9.17) is 38.3 Å². The minimum Gasteiger partial charge on any atom is -0.497 e. The smallest absolute Gasteiger partial charge is 0.243 e. The van der Waals surface area contributed by atoms with E-state index in [1.807, 2.05) is 141 Å². The van der Waals surface area contributed by atoms with E-state index in [2.05, 4.69) is 96.3 Å². The van der Waals surface area contributed by atoms with Crippen molar-refractivity contribution in [3.8, 4) is 85.0 Å². The van der Waals surface area contributed by atoms with E-state index in [9.17, 15) is 49.2 Å². The fraction of sp³-hybridized carbons (Fsp3) is 0.277. The highest BCUT2D eigenvalue weighted by Crippen LogP contribution is 2.54. The SMILES string of the molecule is COc1ccc(C2(C(=O)Nc3cccc(-c4ccc(CNS(C)(=O)=O)cc4)n3)CCCC2)cc1.Cc1cc(NC(=O)C2(c3ccc4c(c3)OCO4)CC2)ncc1-c1cccc(C(C)C)c1.Cc1nc(NC(=O)C2(c3ccc4c(c3)OCO4)CC2)ccc1-c1ccc(S(N)(=O)=O)cc1.O=C1CN(S(=O)(=O)c2ccc(-c3cccc(NC(=O)C4(c5ccc6c(c5)OCO6)CC4)n3)cc2)CCN1.[HH].[HH].[HH]. The monoisotopic (exact) mass is 1870 g/mol. The van der Waals surface area contributed by atoms with E-state index in [0.717, 1.165) is 149 Å². The lowest BCUT2D eigenvalue weighted by Gasteiger charge is -2.28. The van der Waals surface area contributed by atoms with Crippen LogP contribution in [0.1, 0.15) is 133 Å². The van der Waals surface area contributed by atoms with Crippen molar-refractivity contribution in [1.29, 1.82) is 0 Å². The molecule has 8 aliphatic rings. The molecule has 5 fully saturated rings. The number of sulfonamides is 3. The van der Waals surface area contributed by atoms with Gasteiger partial charge in [0.2, 0.25) is 80.0 Å². The van der Waals surface area contributed by atoms with Crippen LogP contribution in [0.25, 0.3) is 44.8 Å². The first-order chi connectivity index (χ1) is 64.4. The van der Waals surface area contributed by atoms with Crippen molar-refractivity contribution in [3.63, 3.8) is 0 Å². The van der Waals surface area contributed by atoms with Gasteiger partial charge in [-0.25, -0.2) is 55.1 Å². The zero-order valence-electron chi connectivity index (χ0n) is 74.5. The number of rotatable bonds is 24. The number of nitrogens with zero attached hydrogens (tertiary/aromatic N) is 5. The maximum Gasteiger partial charge on any atom is 0.243 e. The number of amides is 5. The summed E-state index contributed by atoms with van der Waals surface area (Å²) in [6.45, 7) is 9.43. The van der Waals surface area contributed by atoms with Crippen LogP contribution in [-0.4, -0.2) is 132 Å². The Morgan fingerprint density at radius 1 is 0.478 bits per heavy atom. The number of hydrogen-bond acceptors (Lipinski definition) is 22. The lowest BCUT2D eigenvalue weighted by molar-refractivity contribution is -0.123. The van der Waals surface area contributed by atoms with Gasteiger partial charge in [-0.05, 0) is 236 Å². The average molecular weight is 1870 g/mol. The van der Waals surface area contributed by atoms with Crippen LogP contribution in [-0.2, 0) is 82.2 Å². The van der Waals surface area contributed by atoms with E-state index >= 15 is 0 Å². The van der Waals surface area contributed by atoms with Gasteiger partial charge in [-0.2, -0.15) is 4.31 Å². The molecule has 4 saturated carbocycles. The quantitative estimate of drug-likeness (QED) is 0.0295. The fourth-order valence-electron chi connectivity index (χ4n) is 17.2. The van der Waals surface area contributed by atoms with Gasteiger partial charge in [-0.3, -0.25) is 24.0 Å². The Hall–Kier alpha value is -14.0. The van der Waals surface area contributed by atoms with Crippen LogP contribution in [0.2, 0.25) is 0 Å². The number of nitrogens with one attached hydrogen (secondary N) is 6. The first-order valence-electron chi connectivity index (χ1n) is 44.0. The Labute approximate surface area is 781 Å². The van der Waals surface area contributed by atoms with E-state index in [0.29, 0.717) is 74.9 Å². The first-order valence-corrected chi connectivity index (χ1v) is 48.9. The Kier molecular flexibility index (Phi) is 26.0. The molecule has 134 heavy (non-hydrogen) atoms. The highest BCUT2D eigenvalue weighted by atomic mass is 32.2. The van der Waals surface area contributed by atoms with Crippen LogP contribution in [0.4, 0.5) is 23.3 Å². The number of nitrogens with two attached hydrogens (primary N) is 1. The number of piperazine rings is 1. The average Bonchev–Trinajstić information content (AvgIpc) is 1.60. The molecule has 0 radical (unpaired) electrons. The molecule has 12 aromatic rings. The van der Waals surface area contributed by atoms with Gasteiger partial charge in [0.25, 0.3) is 0 Å². The minimum atomic E-state index is -3.78. The molecule has 5 amide bonds. The van der Waals surface area contributed by atoms with Crippen LogP contribution in [0.5, 0.6) is 40.2 Å². The van der Waals surface area contributed by atoms with E-state index in [1.54, 1.807) is 61.7 Å². The molecular weight excluding hydrogens is 1770 g/mol. The molecule has 8 N–H and O–H groups in total. The maximum atomic E-state index is 13.5. The normalized spacial score (nSPS) is 16.3. The molecule has 4 aromatic heterocycles. The van der Waals surface area contributed by atoms with Gasteiger partial charge in [0, 0.05) is 58.1 Å². The zero-order chi connectivity index (χ0) is 93.9. The molecule has 0 bridgehead atoms. The third-order valence-electron chi connectivity index (χ3n) is 25.5. The van der Waals surface area contributed by atoms with Crippen LogP contribution in [0, 0.1) is 13.8 Å². The number of carbonyl (C=O) groups excluding carboxylic acids is 5. The van der Waals surface area contributed by atoms with Gasteiger partial charge in [0.15, 0.2) is 34.5 Å². The standard InChI is InChI=1S/C26H24N4O6S.C26H29N3O4S.C26H26N2O3.C23H21N3O5S.3H2/c31-24-15-30(13-12-27-24)37(33,34)19-7-4-17(5-8-19)20-2-1-3-23(28-20)29-25(32)26(10-11-26)18-6-9-21-22(14-18)36-16-35-21;1-33-22-14-12-21(13-15-22)26(16-3-4-17-26)25(30)29-24-7-5-6-23(28-24)20-10-8-19(9-11-20)18-27-34(2,31)32;1-16(2)18-5-4-6-19(12-18)21-14-27-24(11-17(21)3)28-25(29)26(9-10-26)20-7-8-22-23(13-20)31-15-30-22;1-14-18(15-2-5-17(6-3-15)32(24,28)29)7-9-21(25-14)26-22(27)23(10-11-23)16-4-8-19-20(12-16)31-13-30-19;;;/h1-9,14H,10-13,15-16H2,(H,27,31)(H,28,29,32);5-15,27H,3-4,16-18H2,1-2H3,(H,28,29,30);4-8,11-14,16H,9-10,15H2,1-3H3,(H,27,28,29);2-9,12H,10-11,13H2,1H3,(H2,24,28,29)(H,25,26,27);3*1H. The van der Waals surface area contributed by atoms with Crippen molar-refractivity contribution >= 4 is 82.9 Å². The third-order valence-corrected chi connectivity index (χ3v) is 28.9. The third kappa shape index (κ3) is 20.2. The number of aromatic nitrogens is 4. The van der Waals surface area contributed by atoms with Crippen molar-refractivity contribution in [3.05, 3.63) is 281 Å².